The Hall–Kier alpha value is -2.70. The fourth-order valence-electron chi connectivity index (χ4n) is 4.98. The van der Waals surface area contributed by atoms with Gasteiger partial charge in [-0.25, -0.2) is 4.98 Å². The summed E-state index contributed by atoms with van der Waals surface area (Å²) in [7, 11) is 0. The Bertz CT molecular complexity index is 1090. The van der Waals surface area contributed by atoms with Gasteiger partial charge in [0.2, 0.25) is 0 Å². The third-order valence-electron chi connectivity index (χ3n) is 6.89. The molecule has 1 aliphatic heterocycles. The predicted octanol–water partition coefficient (Wildman–Crippen LogP) is 3.31. The van der Waals surface area contributed by atoms with Crippen LogP contribution in [0.15, 0.2) is 42.5 Å². The van der Waals surface area contributed by atoms with E-state index in [9.17, 15) is 9.90 Å². The maximum atomic E-state index is 13.5. The minimum atomic E-state index is -0.0384. The van der Waals surface area contributed by atoms with E-state index in [2.05, 4.69) is 23.1 Å². The summed E-state index contributed by atoms with van der Waals surface area (Å²) in [5.74, 6) is 0.776. The second kappa shape index (κ2) is 8.44. The van der Waals surface area contributed by atoms with Crippen LogP contribution in [0.1, 0.15) is 35.4 Å². The van der Waals surface area contributed by atoms with E-state index in [0.717, 1.165) is 60.1 Å². The molecule has 3 aromatic rings. The molecule has 2 aliphatic rings. The van der Waals surface area contributed by atoms with Crippen LogP contribution >= 0.6 is 0 Å². The van der Waals surface area contributed by atoms with Crippen molar-refractivity contribution in [2.45, 2.75) is 38.8 Å². The Labute approximate surface area is 183 Å². The Morgan fingerprint density at radius 2 is 1.81 bits per heavy atom. The van der Waals surface area contributed by atoms with Crippen molar-refractivity contribution in [1.82, 2.24) is 19.4 Å². The molecule has 0 atom stereocenters. The van der Waals surface area contributed by atoms with Crippen molar-refractivity contribution in [2.24, 2.45) is 0 Å². The zero-order valence-corrected chi connectivity index (χ0v) is 18.1. The van der Waals surface area contributed by atoms with Crippen LogP contribution in [0.3, 0.4) is 0 Å². The first-order valence-corrected chi connectivity index (χ1v) is 11.4. The van der Waals surface area contributed by atoms with Crippen LogP contribution in [-0.2, 0) is 6.54 Å². The SMILES string of the molecule is Cc1nc(-c2cccc3ccccc23)n(CCO)c1C(=O)N1CCN(C2CCC2)CC1. The number of amides is 1. The molecule has 5 rings (SSSR count). The fourth-order valence-corrected chi connectivity index (χ4v) is 4.98. The number of fused-ring (bicyclic) bond motifs is 1. The topological polar surface area (TPSA) is 61.6 Å². The van der Waals surface area contributed by atoms with Gasteiger partial charge in [-0.3, -0.25) is 9.69 Å². The summed E-state index contributed by atoms with van der Waals surface area (Å²) in [5, 5.41) is 12.0. The van der Waals surface area contributed by atoms with Gasteiger partial charge in [0, 0.05) is 44.3 Å². The maximum absolute atomic E-state index is 13.5. The number of carbonyl (C=O) groups is 1. The number of nitrogens with zero attached hydrogens (tertiary/aromatic N) is 4. The lowest BCUT2D eigenvalue weighted by Crippen LogP contribution is -2.53. The second-order valence-corrected chi connectivity index (χ2v) is 8.68. The summed E-state index contributed by atoms with van der Waals surface area (Å²) in [6.07, 6.45) is 3.93. The molecule has 0 spiro atoms. The van der Waals surface area contributed by atoms with E-state index in [1.165, 1.54) is 19.3 Å². The van der Waals surface area contributed by atoms with Gasteiger partial charge in [-0.15, -0.1) is 0 Å². The predicted molar refractivity (Wildman–Crippen MR) is 122 cm³/mol. The lowest BCUT2D eigenvalue weighted by molar-refractivity contribution is 0.0446. The molecule has 2 aromatic carbocycles. The molecule has 0 bridgehead atoms. The fraction of sp³-hybridized carbons (Fsp3) is 0.440. The molecule has 1 saturated carbocycles. The van der Waals surface area contributed by atoms with E-state index in [0.29, 0.717) is 12.2 Å². The average molecular weight is 419 g/mol. The van der Waals surface area contributed by atoms with Crippen LogP contribution < -0.4 is 0 Å². The van der Waals surface area contributed by atoms with Crippen LogP contribution in [0, 0.1) is 6.92 Å². The molecule has 162 valence electrons. The first-order valence-electron chi connectivity index (χ1n) is 11.4. The first kappa shape index (κ1) is 20.2. The van der Waals surface area contributed by atoms with Gasteiger partial charge in [0.15, 0.2) is 0 Å². The van der Waals surface area contributed by atoms with E-state index in [4.69, 9.17) is 4.98 Å². The number of aromatic nitrogens is 2. The third kappa shape index (κ3) is 3.64. The molecule has 1 N–H and O–H groups in total. The quantitative estimate of drug-likeness (QED) is 0.691. The largest absolute Gasteiger partial charge is 0.395 e. The Morgan fingerprint density at radius 3 is 2.52 bits per heavy atom. The number of piperazine rings is 1. The molecule has 2 heterocycles. The number of carbonyl (C=O) groups excluding carboxylic acids is 1. The normalized spacial score (nSPS) is 17.8. The van der Waals surface area contributed by atoms with Gasteiger partial charge >= 0.3 is 0 Å². The van der Waals surface area contributed by atoms with Crippen LogP contribution in [-0.4, -0.2) is 69.2 Å². The number of aliphatic hydroxyl groups excluding tert-OH is 1. The molecule has 1 aromatic heterocycles. The van der Waals surface area contributed by atoms with E-state index < -0.39 is 0 Å². The van der Waals surface area contributed by atoms with Gasteiger partial charge in [0.05, 0.1) is 12.3 Å². The Morgan fingerprint density at radius 1 is 1.06 bits per heavy atom. The van der Waals surface area contributed by atoms with Crippen molar-refractivity contribution in [2.75, 3.05) is 32.8 Å². The van der Waals surface area contributed by atoms with Crippen molar-refractivity contribution in [3.8, 4) is 11.4 Å². The van der Waals surface area contributed by atoms with E-state index in [1.807, 2.05) is 40.7 Å². The van der Waals surface area contributed by atoms with Crippen LogP contribution in [0.5, 0.6) is 0 Å². The molecule has 0 radical (unpaired) electrons. The molecular formula is C25H30N4O2. The van der Waals surface area contributed by atoms with Crippen LogP contribution in [0.4, 0.5) is 0 Å². The van der Waals surface area contributed by atoms with E-state index in [1.54, 1.807) is 0 Å². The van der Waals surface area contributed by atoms with Gasteiger partial charge in [-0.05, 0) is 30.5 Å². The van der Waals surface area contributed by atoms with Gasteiger partial charge in [-0.1, -0.05) is 48.9 Å². The van der Waals surface area contributed by atoms with Crippen molar-refractivity contribution in [3.63, 3.8) is 0 Å². The lowest BCUT2D eigenvalue weighted by atomic mass is 9.91. The molecular weight excluding hydrogens is 388 g/mol. The molecule has 6 heteroatoms. The Kier molecular flexibility index (Phi) is 5.50. The summed E-state index contributed by atoms with van der Waals surface area (Å²) in [5.41, 5.74) is 2.32. The molecule has 1 amide bonds. The second-order valence-electron chi connectivity index (χ2n) is 8.68. The van der Waals surface area contributed by atoms with Crippen molar-refractivity contribution < 1.29 is 9.90 Å². The monoisotopic (exact) mass is 418 g/mol. The minimum Gasteiger partial charge on any atom is -0.395 e. The van der Waals surface area contributed by atoms with Crippen LogP contribution in [0.2, 0.25) is 0 Å². The van der Waals surface area contributed by atoms with Gasteiger partial charge in [0.25, 0.3) is 5.91 Å². The Balaban J connectivity index is 1.48. The van der Waals surface area contributed by atoms with E-state index >= 15 is 0 Å². The summed E-state index contributed by atoms with van der Waals surface area (Å²) in [6.45, 7) is 5.61. The molecule has 6 nitrogen and oxygen atoms in total. The molecule has 1 saturated heterocycles. The first-order chi connectivity index (χ1) is 15.2. The number of hydrogen-bond donors (Lipinski definition) is 1. The smallest absolute Gasteiger partial charge is 0.272 e. The maximum Gasteiger partial charge on any atom is 0.272 e. The van der Waals surface area contributed by atoms with Crippen LogP contribution in [0.25, 0.3) is 22.2 Å². The highest BCUT2D eigenvalue weighted by Crippen LogP contribution is 2.31. The molecule has 31 heavy (non-hydrogen) atoms. The third-order valence-corrected chi connectivity index (χ3v) is 6.89. The summed E-state index contributed by atoms with van der Waals surface area (Å²) < 4.78 is 1.91. The number of imidazole rings is 1. The standard InChI is InChI=1S/C25H30N4O2/c1-18-23(25(31)28-14-12-27(13-15-28)20-8-5-9-20)29(16-17-30)24(26-18)22-11-4-7-19-6-2-3-10-21(19)22/h2-4,6-7,10-11,20,30H,5,8-9,12-17H2,1H3. The highest BCUT2D eigenvalue weighted by Gasteiger charge is 2.32. The van der Waals surface area contributed by atoms with Crippen molar-refractivity contribution >= 4 is 16.7 Å². The lowest BCUT2D eigenvalue weighted by Gasteiger charge is -2.43. The zero-order chi connectivity index (χ0) is 21.4. The number of aryl methyl sites for hydroxylation is 1. The molecule has 0 unspecified atom stereocenters. The number of hydrogen-bond acceptors (Lipinski definition) is 4. The number of aliphatic hydroxyl groups is 1. The minimum absolute atomic E-state index is 0.0261. The molecule has 2 fully saturated rings. The summed E-state index contributed by atoms with van der Waals surface area (Å²) in [4.78, 5) is 22.9. The summed E-state index contributed by atoms with van der Waals surface area (Å²) >= 11 is 0. The summed E-state index contributed by atoms with van der Waals surface area (Å²) in [6, 6.07) is 15.1. The van der Waals surface area contributed by atoms with Crippen molar-refractivity contribution in [3.05, 3.63) is 53.9 Å². The number of rotatable bonds is 5. The molecule has 1 aliphatic carbocycles. The average Bonchev–Trinajstić information content (AvgIpc) is 3.08. The van der Waals surface area contributed by atoms with Gasteiger partial charge in [0.1, 0.15) is 11.5 Å². The van der Waals surface area contributed by atoms with E-state index in [-0.39, 0.29) is 12.5 Å². The number of benzene rings is 2. The highest BCUT2D eigenvalue weighted by atomic mass is 16.3. The van der Waals surface area contributed by atoms with Gasteiger partial charge in [-0.2, -0.15) is 0 Å². The van der Waals surface area contributed by atoms with Crippen molar-refractivity contribution in [1.29, 1.82) is 0 Å². The van der Waals surface area contributed by atoms with Gasteiger partial charge < -0.3 is 14.6 Å². The highest BCUT2D eigenvalue weighted by molar-refractivity contribution is 5.98. The zero-order valence-electron chi connectivity index (χ0n) is 18.1.